The maximum absolute atomic E-state index is 12.6. The van der Waals surface area contributed by atoms with Crippen LogP contribution in [0.4, 0.5) is 4.39 Å². The number of benzene rings is 6. The van der Waals surface area contributed by atoms with Gasteiger partial charge in [0.05, 0.1) is 21.3 Å². The number of aryl methyl sites for hydroxylation is 6. The Bertz CT molecular complexity index is 2400. The number of ether oxygens (including phenoxy) is 3. The van der Waals surface area contributed by atoms with E-state index in [4.69, 9.17) is 34.6 Å². The summed E-state index contributed by atoms with van der Waals surface area (Å²) in [6, 6.07) is 30.5. The first kappa shape index (κ1) is 105. The molecule has 0 fully saturated rings. The number of ketones is 6. The molecule has 0 aliphatic rings. The number of carbonyl (C=O) groups is 6. The number of aliphatic hydroxyl groups excluding tert-OH is 2. The van der Waals surface area contributed by atoms with Crippen molar-refractivity contribution in [3.8, 4) is 28.7 Å². The number of hydrogen-bond donors (Lipinski definition) is 4. The van der Waals surface area contributed by atoms with Gasteiger partial charge >= 0.3 is 0 Å². The highest BCUT2D eigenvalue weighted by Crippen LogP contribution is 2.20. The second-order valence-electron chi connectivity index (χ2n) is 16.2. The summed E-state index contributed by atoms with van der Waals surface area (Å²) in [4.78, 5) is 65.5. The molecule has 0 saturated carbocycles. The summed E-state index contributed by atoms with van der Waals surface area (Å²) in [6.45, 7) is 24.3. The highest BCUT2D eigenvalue weighted by atomic mass is 19.1. The van der Waals surface area contributed by atoms with Crippen LogP contribution in [0.1, 0.15) is 218 Å². The number of methoxy groups -OCH3 is 3. The van der Waals surface area contributed by atoms with Crippen LogP contribution in [-0.4, -0.2) is 90.7 Å². The first-order valence-corrected chi connectivity index (χ1v) is 23.5. The van der Waals surface area contributed by atoms with E-state index in [1.54, 1.807) is 97.6 Å². The maximum Gasteiger partial charge on any atom is 0.159 e. The standard InChI is InChI=1S/3C10H12O2.C9H9FO.2C9H10O2.C2H6.2CH4O.9CH4/c3*1-7-4-9(8(2)11)6-10(5-7)12-3;1-6-3-8(7(2)11)5-9(10)4-6;2*1-6-3-8(7(2)10)5-9(11)4-6;3*1-2;;;;;;;;;/h3*4-6H,1-3H3;3-5H,1-2H3;2*3-5,11H,1-2H3;1-2H3;2*2H,1H3;9*1H4. The molecule has 0 heterocycles. The predicted molar refractivity (Wildman–Crippen MR) is 358 cm³/mol. The van der Waals surface area contributed by atoms with Gasteiger partial charge in [0, 0.05) is 47.6 Å². The number of rotatable bonds is 9. The smallest absolute Gasteiger partial charge is 0.159 e. The Balaban J connectivity index is -0.0000000712. The topological polar surface area (TPSA) is 211 Å². The second kappa shape index (κ2) is 57.0. The number of aromatic hydroxyl groups is 2. The van der Waals surface area contributed by atoms with Gasteiger partial charge in [-0.3, -0.25) is 28.8 Å². The molecule has 480 valence electrons. The van der Waals surface area contributed by atoms with Gasteiger partial charge in [0.25, 0.3) is 0 Å². The molecule has 0 unspecified atom stereocenters. The number of hydrogen-bond acceptors (Lipinski definition) is 13. The molecule has 84 heavy (non-hydrogen) atoms. The minimum absolute atomic E-state index is 0. The predicted octanol–water partition coefficient (Wildman–Crippen LogP) is 18.7. The van der Waals surface area contributed by atoms with Gasteiger partial charge < -0.3 is 34.6 Å². The van der Waals surface area contributed by atoms with Crippen LogP contribution in [-0.2, 0) is 0 Å². The van der Waals surface area contributed by atoms with Crippen LogP contribution >= 0.6 is 0 Å². The van der Waals surface area contributed by atoms with Gasteiger partial charge in [-0.25, -0.2) is 4.39 Å². The Labute approximate surface area is 510 Å². The number of phenolic OH excluding ortho intramolecular Hbond substituents is 2. The molecule has 0 aliphatic heterocycles. The van der Waals surface area contributed by atoms with Crippen molar-refractivity contribution >= 4 is 34.7 Å². The molecule has 4 N–H and O–H groups in total. The largest absolute Gasteiger partial charge is 0.508 e. The van der Waals surface area contributed by atoms with Crippen molar-refractivity contribution in [1.29, 1.82) is 0 Å². The molecule has 0 aliphatic carbocycles. The molecule has 0 atom stereocenters. The van der Waals surface area contributed by atoms with Crippen LogP contribution in [0, 0.1) is 47.4 Å². The van der Waals surface area contributed by atoms with E-state index in [0.29, 0.717) is 33.4 Å². The van der Waals surface area contributed by atoms with Crippen LogP contribution in [0.25, 0.3) is 0 Å². The molecule has 14 heteroatoms. The molecule has 13 nitrogen and oxygen atoms in total. The summed E-state index contributed by atoms with van der Waals surface area (Å²) in [7, 11) is 6.79. The number of aliphatic hydroxyl groups is 2. The highest BCUT2D eigenvalue weighted by molar-refractivity contribution is 5.97. The third-order valence-corrected chi connectivity index (χ3v) is 9.47. The lowest BCUT2D eigenvalue weighted by Crippen LogP contribution is -1.94. The van der Waals surface area contributed by atoms with Gasteiger partial charge in [-0.15, -0.1) is 0 Å². The van der Waals surface area contributed by atoms with E-state index in [-0.39, 0.29) is 119 Å². The molecule has 6 aromatic carbocycles. The maximum atomic E-state index is 12.6. The monoisotopic (exact) mass is 1180 g/mol. The molecule has 0 radical (unpaired) electrons. The molecular weight excluding hydrogens is 1070 g/mol. The van der Waals surface area contributed by atoms with Crippen molar-refractivity contribution in [2.45, 2.75) is 164 Å². The van der Waals surface area contributed by atoms with Crippen molar-refractivity contribution in [1.82, 2.24) is 0 Å². The third kappa shape index (κ3) is 44.8. The zero-order chi connectivity index (χ0) is 58.7. The summed E-state index contributed by atoms with van der Waals surface area (Å²) in [5, 5.41) is 32.2. The highest BCUT2D eigenvalue weighted by Gasteiger charge is 2.06. The number of Topliss-reactive ketones (excluding diaryl/α,β-unsaturated/α-hetero) is 6. The molecular formula is C70H115FO13. The van der Waals surface area contributed by atoms with E-state index in [9.17, 15) is 33.2 Å². The fourth-order valence-electron chi connectivity index (χ4n) is 6.08. The fourth-order valence-corrected chi connectivity index (χ4v) is 6.08. The number of carbonyl (C=O) groups excluding carboxylic acids is 6. The minimum Gasteiger partial charge on any atom is -0.508 e. The Morgan fingerprint density at radius 2 is 0.464 bits per heavy atom. The van der Waals surface area contributed by atoms with Gasteiger partial charge in [0.1, 0.15) is 34.6 Å². The minimum atomic E-state index is -0.352. The SMILES string of the molecule is C.C.C.C.C.C.C.C.C.CC.CC(=O)c1cc(C)cc(F)c1.CC(=O)c1cc(C)cc(O)c1.CC(=O)c1cc(C)cc(O)c1.CO.CO.COc1cc(C)cc(C(C)=O)c1.COc1cc(C)cc(C(C)=O)c1.COc1cc(C)cc(C(C)=O)c1. The molecule has 0 bridgehead atoms. The van der Waals surface area contributed by atoms with Crippen molar-refractivity contribution in [3.63, 3.8) is 0 Å². The van der Waals surface area contributed by atoms with Crippen molar-refractivity contribution < 1.29 is 67.8 Å². The van der Waals surface area contributed by atoms with Gasteiger partial charge in [-0.05, 0) is 226 Å². The number of halogens is 1. The normalized spacial score (nSPS) is 8.12. The van der Waals surface area contributed by atoms with Crippen molar-refractivity contribution in [2.75, 3.05) is 35.5 Å². The molecule has 0 spiro atoms. The molecule has 6 aromatic rings. The van der Waals surface area contributed by atoms with Crippen LogP contribution in [0.5, 0.6) is 28.7 Å². The lowest BCUT2D eigenvalue weighted by atomic mass is 10.1. The van der Waals surface area contributed by atoms with Gasteiger partial charge in [-0.2, -0.15) is 0 Å². The summed E-state index contributed by atoms with van der Waals surface area (Å²) in [5.74, 6) is 2.20. The van der Waals surface area contributed by atoms with Crippen molar-refractivity contribution in [2.24, 2.45) is 0 Å². The van der Waals surface area contributed by atoms with Crippen LogP contribution < -0.4 is 14.2 Å². The first-order valence-electron chi connectivity index (χ1n) is 23.5. The first-order chi connectivity index (χ1) is 35.2. The summed E-state index contributed by atoms with van der Waals surface area (Å²) >= 11 is 0. The lowest BCUT2D eigenvalue weighted by molar-refractivity contribution is 0.100. The van der Waals surface area contributed by atoms with E-state index in [1.165, 1.54) is 45.0 Å². The average Bonchev–Trinajstić information content (AvgIpc) is 3.35. The third-order valence-electron chi connectivity index (χ3n) is 9.47. The van der Waals surface area contributed by atoms with Gasteiger partial charge in [0.15, 0.2) is 34.7 Å². The zero-order valence-electron chi connectivity index (χ0n) is 47.2. The Morgan fingerprint density at radius 1 is 0.298 bits per heavy atom. The van der Waals surface area contributed by atoms with Gasteiger partial charge in [0.2, 0.25) is 0 Å². The summed E-state index contributed by atoms with van der Waals surface area (Å²) < 4.78 is 27.7. The summed E-state index contributed by atoms with van der Waals surface area (Å²) in [6.07, 6.45) is 0. The Morgan fingerprint density at radius 3 is 0.631 bits per heavy atom. The molecule has 0 saturated heterocycles. The fraction of sp³-hybridized carbons (Fsp3) is 0.400. The molecule has 0 amide bonds. The van der Waals surface area contributed by atoms with Crippen LogP contribution in [0.2, 0.25) is 0 Å². The van der Waals surface area contributed by atoms with E-state index < -0.39 is 0 Å². The Kier molecular flexibility index (Phi) is 71.0. The number of phenols is 2. The summed E-state index contributed by atoms with van der Waals surface area (Å²) in [5.41, 5.74) is 9.34. The quantitative estimate of drug-likeness (QED) is 0.0994. The molecule has 6 rings (SSSR count). The van der Waals surface area contributed by atoms with E-state index in [1.807, 2.05) is 84.9 Å². The molecule has 0 aromatic heterocycles. The van der Waals surface area contributed by atoms with Crippen LogP contribution in [0.3, 0.4) is 0 Å². The lowest BCUT2D eigenvalue weighted by Gasteiger charge is -2.03. The van der Waals surface area contributed by atoms with E-state index in [2.05, 4.69) is 0 Å². The second-order valence-corrected chi connectivity index (χ2v) is 16.2. The zero-order valence-corrected chi connectivity index (χ0v) is 47.2. The average molecular weight is 1180 g/mol. The van der Waals surface area contributed by atoms with Gasteiger partial charge in [-0.1, -0.05) is 80.7 Å². The van der Waals surface area contributed by atoms with E-state index >= 15 is 0 Å². The van der Waals surface area contributed by atoms with Crippen molar-refractivity contribution in [3.05, 3.63) is 182 Å². The van der Waals surface area contributed by atoms with E-state index in [0.717, 1.165) is 64.8 Å². The van der Waals surface area contributed by atoms with Crippen LogP contribution in [0.15, 0.2) is 109 Å². The Hall–Kier alpha value is -7.81.